The Kier molecular flexibility index (Phi) is 7.02. The predicted octanol–water partition coefficient (Wildman–Crippen LogP) is 4.25. The van der Waals surface area contributed by atoms with E-state index in [4.69, 9.17) is 16.3 Å². The third kappa shape index (κ3) is 5.05. The van der Waals surface area contributed by atoms with Gasteiger partial charge in [0.1, 0.15) is 11.5 Å². The van der Waals surface area contributed by atoms with Gasteiger partial charge in [-0.05, 0) is 39.8 Å². The Balaban J connectivity index is 1.77. The number of hydrogen-bond donors (Lipinski definition) is 1. The lowest BCUT2D eigenvalue weighted by Crippen LogP contribution is -2.48. The van der Waals surface area contributed by atoms with Crippen molar-refractivity contribution in [2.75, 3.05) is 19.7 Å². The second kappa shape index (κ2) is 9.95. The SMILES string of the molecule is C/C=C(\N=C(C)C)c1ccc(-c2cc3cnc(C)nc3n(CCOC3CNC3)c2=O)c(Cl)c1. The molecule has 7 nitrogen and oxygen atoms in total. The summed E-state index contributed by atoms with van der Waals surface area (Å²) in [6, 6.07) is 7.48. The molecule has 0 radical (unpaired) electrons. The molecule has 2 aromatic heterocycles. The minimum Gasteiger partial charge on any atom is -0.374 e. The Morgan fingerprint density at radius 3 is 2.73 bits per heavy atom. The van der Waals surface area contributed by atoms with Crippen LogP contribution in [0.15, 0.2) is 46.3 Å². The molecule has 0 saturated carbocycles. The Bertz CT molecular complexity index is 1300. The minimum atomic E-state index is -0.153. The number of allylic oxidation sites excluding steroid dienone is 1. The molecular weight excluding hydrogens is 438 g/mol. The van der Waals surface area contributed by atoms with Crippen molar-refractivity contribution in [1.82, 2.24) is 19.9 Å². The Hall–Kier alpha value is -2.87. The van der Waals surface area contributed by atoms with Crippen LogP contribution in [-0.2, 0) is 11.3 Å². The number of halogens is 1. The van der Waals surface area contributed by atoms with Gasteiger partial charge in [0.2, 0.25) is 0 Å². The zero-order valence-corrected chi connectivity index (χ0v) is 20.1. The fourth-order valence-corrected chi connectivity index (χ4v) is 4.05. The Morgan fingerprint density at radius 1 is 1.30 bits per heavy atom. The largest absolute Gasteiger partial charge is 0.374 e. The van der Waals surface area contributed by atoms with Crippen molar-refractivity contribution in [2.24, 2.45) is 4.99 Å². The van der Waals surface area contributed by atoms with E-state index in [1.54, 1.807) is 10.8 Å². The normalized spacial score (nSPS) is 14.4. The van der Waals surface area contributed by atoms with Crippen LogP contribution in [0.5, 0.6) is 0 Å². The van der Waals surface area contributed by atoms with Crippen LogP contribution in [0, 0.1) is 6.92 Å². The van der Waals surface area contributed by atoms with E-state index in [-0.39, 0.29) is 11.7 Å². The number of nitrogens with one attached hydrogen (secondary N) is 1. The van der Waals surface area contributed by atoms with Gasteiger partial charge >= 0.3 is 0 Å². The van der Waals surface area contributed by atoms with Crippen molar-refractivity contribution < 1.29 is 4.74 Å². The number of aryl methyl sites for hydroxylation is 1. The number of aliphatic imine (C=N–C) groups is 1. The van der Waals surface area contributed by atoms with Crippen molar-refractivity contribution in [3.8, 4) is 11.1 Å². The van der Waals surface area contributed by atoms with Gasteiger partial charge in [0.15, 0.2) is 0 Å². The summed E-state index contributed by atoms with van der Waals surface area (Å²) in [6.45, 7) is 10.2. The standard InChI is InChI=1S/C25H28ClN5O2/c1-5-23(29-15(2)3)17-6-7-20(22(26)11-17)21-10-18-12-28-16(4)30-24(18)31(25(21)32)8-9-33-19-13-27-14-19/h5-7,10-12,19,27H,8-9,13-14H2,1-4H3/b23-5-. The van der Waals surface area contributed by atoms with Gasteiger partial charge in [0.25, 0.3) is 5.56 Å². The summed E-state index contributed by atoms with van der Waals surface area (Å²) < 4.78 is 7.53. The molecule has 0 aliphatic carbocycles. The molecule has 33 heavy (non-hydrogen) atoms. The third-order valence-corrected chi connectivity index (χ3v) is 5.85. The topological polar surface area (TPSA) is 81.4 Å². The van der Waals surface area contributed by atoms with Gasteiger partial charge in [0.05, 0.1) is 25.0 Å². The van der Waals surface area contributed by atoms with E-state index >= 15 is 0 Å². The van der Waals surface area contributed by atoms with Crippen LogP contribution in [0.2, 0.25) is 5.02 Å². The number of aromatic nitrogens is 3. The van der Waals surface area contributed by atoms with Crippen LogP contribution >= 0.6 is 11.6 Å². The molecule has 1 aromatic carbocycles. The predicted molar refractivity (Wildman–Crippen MR) is 134 cm³/mol. The highest BCUT2D eigenvalue weighted by atomic mass is 35.5. The average Bonchev–Trinajstić information content (AvgIpc) is 2.75. The van der Waals surface area contributed by atoms with Crippen LogP contribution in [0.25, 0.3) is 27.9 Å². The molecule has 1 aliphatic heterocycles. The van der Waals surface area contributed by atoms with Crippen LogP contribution in [0.1, 0.15) is 32.2 Å². The summed E-state index contributed by atoms with van der Waals surface area (Å²) in [6.07, 6.45) is 3.88. The first-order valence-electron chi connectivity index (χ1n) is 11.1. The second-order valence-electron chi connectivity index (χ2n) is 8.29. The molecular formula is C25H28ClN5O2. The molecule has 0 spiro atoms. The first-order chi connectivity index (χ1) is 15.9. The number of benzene rings is 1. The van der Waals surface area contributed by atoms with Crippen molar-refractivity contribution in [1.29, 1.82) is 0 Å². The van der Waals surface area contributed by atoms with Gasteiger partial charge in [-0.15, -0.1) is 0 Å². The monoisotopic (exact) mass is 465 g/mol. The first-order valence-corrected chi connectivity index (χ1v) is 11.4. The van der Waals surface area contributed by atoms with Crippen LogP contribution in [0.4, 0.5) is 0 Å². The molecule has 1 N–H and O–H groups in total. The lowest BCUT2D eigenvalue weighted by molar-refractivity contribution is 0.0149. The van der Waals surface area contributed by atoms with Gasteiger partial charge in [-0.2, -0.15) is 0 Å². The van der Waals surface area contributed by atoms with Crippen molar-refractivity contribution >= 4 is 34.0 Å². The highest BCUT2D eigenvalue weighted by Gasteiger charge is 2.19. The number of hydrogen-bond acceptors (Lipinski definition) is 6. The maximum absolute atomic E-state index is 13.6. The van der Waals surface area contributed by atoms with Crippen molar-refractivity contribution in [3.63, 3.8) is 0 Å². The fraction of sp³-hybridized carbons (Fsp3) is 0.360. The number of nitrogens with zero attached hydrogens (tertiary/aromatic N) is 4. The minimum absolute atomic E-state index is 0.153. The summed E-state index contributed by atoms with van der Waals surface area (Å²) >= 11 is 6.69. The van der Waals surface area contributed by atoms with E-state index in [0.717, 1.165) is 35.4 Å². The van der Waals surface area contributed by atoms with E-state index in [2.05, 4.69) is 20.3 Å². The summed E-state index contributed by atoms with van der Waals surface area (Å²) in [5.74, 6) is 0.612. The number of pyridine rings is 1. The molecule has 8 heteroatoms. The fourth-order valence-electron chi connectivity index (χ4n) is 3.76. The van der Waals surface area contributed by atoms with Crippen LogP contribution in [-0.4, -0.2) is 46.0 Å². The maximum Gasteiger partial charge on any atom is 0.260 e. The molecule has 1 fully saturated rings. The molecule has 4 rings (SSSR count). The van der Waals surface area contributed by atoms with E-state index in [1.807, 2.05) is 58.0 Å². The number of fused-ring (bicyclic) bond motifs is 1. The van der Waals surface area contributed by atoms with E-state index in [1.165, 1.54) is 0 Å². The summed E-state index contributed by atoms with van der Waals surface area (Å²) in [4.78, 5) is 27.0. The molecule has 0 bridgehead atoms. The van der Waals surface area contributed by atoms with Gasteiger partial charge in [-0.1, -0.05) is 29.8 Å². The zero-order chi connectivity index (χ0) is 23.5. The van der Waals surface area contributed by atoms with E-state index in [9.17, 15) is 4.79 Å². The van der Waals surface area contributed by atoms with Crippen molar-refractivity contribution in [2.45, 2.75) is 40.3 Å². The van der Waals surface area contributed by atoms with E-state index in [0.29, 0.717) is 40.8 Å². The highest BCUT2D eigenvalue weighted by molar-refractivity contribution is 6.33. The quantitative estimate of drug-likeness (QED) is 0.527. The number of ether oxygens (including phenoxy) is 1. The molecule has 172 valence electrons. The highest BCUT2D eigenvalue weighted by Crippen LogP contribution is 2.31. The summed E-state index contributed by atoms with van der Waals surface area (Å²) in [7, 11) is 0. The summed E-state index contributed by atoms with van der Waals surface area (Å²) in [5, 5.41) is 4.45. The molecule has 3 aromatic rings. The molecule has 1 saturated heterocycles. The second-order valence-corrected chi connectivity index (χ2v) is 8.70. The third-order valence-electron chi connectivity index (χ3n) is 5.53. The zero-order valence-electron chi connectivity index (χ0n) is 19.4. The van der Waals surface area contributed by atoms with Crippen LogP contribution in [0.3, 0.4) is 0 Å². The molecule has 1 aliphatic rings. The lowest BCUT2D eigenvalue weighted by atomic mass is 10.0. The van der Waals surface area contributed by atoms with Gasteiger partial charge in [-0.3, -0.25) is 14.4 Å². The summed E-state index contributed by atoms with van der Waals surface area (Å²) in [5.41, 5.74) is 4.31. The Morgan fingerprint density at radius 2 is 2.09 bits per heavy atom. The van der Waals surface area contributed by atoms with Gasteiger partial charge in [-0.25, -0.2) is 9.97 Å². The van der Waals surface area contributed by atoms with Gasteiger partial charge in [0, 0.05) is 52.1 Å². The Labute approximate surface area is 198 Å². The maximum atomic E-state index is 13.6. The van der Waals surface area contributed by atoms with Crippen LogP contribution < -0.4 is 10.9 Å². The van der Waals surface area contributed by atoms with E-state index < -0.39 is 0 Å². The van der Waals surface area contributed by atoms with Gasteiger partial charge < -0.3 is 10.1 Å². The first kappa shape index (κ1) is 23.3. The molecule has 0 amide bonds. The molecule has 3 heterocycles. The number of rotatable bonds is 7. The lowest BCUT2D eigenvalue weighted by Gasteiger charge is -2.27. The van der Waals surface area contributed by atoms with Crippen molar-refractivity contribution in [3.05, 3.63) is 63.3 Å². The molecule has 0 atom stereocenters. The molecule has 0 unspecified atom stereocenters. The smallest absolute Gasteiger partial charge is 0.260 e. The average molecular weight is 466 g/mol.